The van der Waals surface area contributed by atoms with Crippen LogP contribution in [-0.2, 0) is 18.3 Å². The summed E-state index contributed by atoms with van der Waals surface area (Å²) in [6.07, 6.45) is 7.42. The van der Waals surface area contributed by atoms with E-state index in [-0.39, 0.29) is 12.2 Å². The van der Waals surface area contributed by atoms with Crippen molar-refractivity contribution in [2.24, 2.45) is 7.05 Å². The fraction of sp³-hybridized carbons (Fsp3) is 0.176. The van der Waals surface area contributed by atoms with Gasteiger partial charge in [-0.05, 0) is 30.4 Å². The molecule has 108 valence electrons. The summed E-state index contributed by atoms with van der Waals surface area (Å²) in [5.74, 6) is 5.01. The number of aromatic nitrogens is 4. The minimum absolute atomic E-state index is 0.129. The molecule has 0 aromatic carbocycles. The van der Waals surface area contributed by atoms with Crippen LogP contribution in [0.4, 0.5) is 0 Å². The third-order valence-corrected chi connectivity index (χ3v) is 3.27. The van der Waals surface area contributed by atoms with Gasteiger partial charge in [-0.1, -0.05) is 5.92 Å². The summed E-state index contributed by atoms with van der Waals surface area (Å²) in [4.78, 5) is 20.3. The maximum atomic E-state index is 11.6. The van der Waals surface area contributed by atoms with E-state index < -0.39 is 0 Å². The molecule has 3 aromatic rings. The second-order valence-corrected chi connectivity index (χ2v) is 4.97. The topological polar surface area (TPSA) is 60.7 Å². The van der Waals surface area contributed by atoms with E-state index in [1.165, 1.54) is 0 Å². The fourth-order valence-electron chi connectivity index (χ4n) is 2.24. The highest BCUT2D eigenvalue weighted by Crippen LogP contribution is 2.21. The number of rotatable bonds is 3. The predicted octanol–water partition coefficient (Wildman–Crippen LogP) is 2.17. The van der Waals surface area contributed by atoms with Gasteiger partial charge in [-0.3, -0.25) is 19.4 Å². The average Bonchev–Trinajstić information content (AvgIpc) is 2.93. The lowest BCUT2D eigenvalue weighted by Gasteiger charge is -2.03. The molecule has 3 rings (SSSR count). The zero-order chi connectivity index (χ0) is 15.5. The van der Waals surface area contributed by atoms with Crippen LogP contribution in [0.3, 0.4) is 0 Å². The van der Waals surface area contributed by atoms with Crippen LogP contribution in [0.2, 0.25) is 0 Å². The van der Waals surface area contributed by atoms with E-state index >= 15 is 0 Å². The molecule has 5 heteroatoms. The molecule has 0 aliphatic rings. The highest BCUT2D eigenvalue weighted by molar-refractivity contribution is 5.97. The first-order valence-electron chi connectivity index (χ1n) is 6.85. The molecule has 0 aliphatic carbocycles. The number of carbonyl (C=O) groups excluding carboxylic acids is 1. The summed E-state index contributed by atoms with van der Waals surface area (Å²) in [7, 11) is 1.87. The van der Waals surface area contributed by atoms with E-state index in [0.29, 0.717) is 5.69 Å². The van der Waals surface area contributed by atoms with Gasteiger partial charge in [-0.15, -0.1) is 0 Å². The lowest BCUT2D eigenvalue weighted by Crippen LogP contribution is -2.01. The minimum Gasteiger partial charge on any atom is -0.284 e. The average molecular weight is 290 g/mol. The van der Waals surface area contributed by atoms with E-state index in [9.17, 15) is 4.79 Å². The Labute approximate surface area is 128 Å². The number of hydrogen-bond acceptors (Lipinski definition) is 4. The van der Waals surface area contributed by atoms with E-state index in [2.05, 4.69) is 26.9 Å². The number of nitrogens with zero attached hydrogens (tertiary/aromatic N) is 4. The Balaban J connectivity index is 1.98. The lowest BCUT2D eigenvalue weighted by molar-refractivity contribution is -0.113. The molecule has 3 aromatic heterocycles. The number of Topliss-reactive ketones (excluding diaryl/α,β-unsaturated/α-hetero) is 1. The van der Waals surface area contributed by atoms with Crippen molar-refractivity contribution in [3.8, 4) is 23.1 Å². The van der Waals surface area contributed by atoms with Crippen molar-refractivity contribution >= 4 is 16.6 Å². The molecular weight excluding hydrogens is 276 g/mol. The summed E-state index contributed by atoms with van der Waals surface area (Å²) in [6.45, 7) is 1.65. The summed E-state index contributed by atoms with van der Waals surface area (Å²) in [5.41, 5.74) is 2.51. The van der Waals surface area contributed by atoms with Gasteiger partial charge in [0.25, 0.3) is 0 Å². The van der Waals surface area contributed by atoms with Crippen molar-refractivity contribution in [1.29, 1.82) is 0 Å². The predicted molar refractivity (Wildman–Crippen MR) is 83.9 cm³/mol. The van der Waals surface area contributed by atoms with E-state index in [1.807, 2.05) is 25.4 Å². The molecule has 0 radical (unpaired) electrons. The Morgan fingerprint density at radius 1 is 1.18 bits per heavy atom. The Hall–Kier alpha value is -3.00. The molecule has 5 nitrogen and oxygen atoms in total. The maximum absolute atomic E-state index is 11.6. The molecule has 0 saturated heterocycles. The van der Waals surface area contributed by atoms with Gasteiger partial charge in [-0.25, -0.2) is 0 Å². The van der Waals surface area contributed by atoms with Crippen molar-refractivity contribution < 1.29 is 4.79 Å². The quantitative estimate of drug-likeness (QED) is 0.548. The van der Waals surface area contributed by atoms with E-state index in [4.69, 9.17) is 0 Å². The van der Waals surface area contributed by atoms with Gasteiger partial charge in [0.2, 0.25) is 5.78 Å². The maximum Gasteiger partial charge on any atom is 0.211 e. The molecule has 3 heterocycles. The third kappa shape index (κ3) is 2.86. The molecule has 0 fully saturated rings. The lowest BCUT2D eigenvalue weighted by atomic mass is 10.1. The van der Waals surface area contributed by atoms with Crippen molar-refractivity contribution in [3.05, 3.63) is 42.6 Å². The van der Waals surface area contributed by atoms with Crippen molar-refractivity contribution in [2.45, 2.75) is 13.3 Å². The largest absolute Gasteiger partial charge is 0.284 e. The SMILES string of the molecule is CC#CC(=O)Cc1cc2cc(-c3cnn(C)c3)ncc2cn1. The number of hydrogen-bond donors (Lipinski definition) is 0. The molecule has 0 aliphatic heterocycles. The Morgan fingerprint density at radius 3 is 2.73 bits per heavy atom. The number of fused-ring (bicyclic) bond motifs is 1. The van der Waals surface area contributed by atoms with Crippen LogP contribution in [0.1, 0.15) is 12.6 Å². The van der Waals surface area contributed by atoms with Crippen LogP contribution in [0.25, 0.3) is 22.0 Å². The first kappa shape index (κ1) is 14.0. The van der Waals surface area contributed by atoms with E-state index in [1.54, 1.807) is 30.2 Å². The monoisotopic (exact) mass is 290 g/mol. The number of carbonyl (C=O) groups is 1. The minimum atomic E-state index is -0.129. The van der Waals surface area contributed by atoms with Crippen LogP contribution >= 0.6 is 0 Å². The molecular formula is C17H14N4O. The molecule has 0 bridgehead atoms. The van der Waals surface area contributed by atoms with Gasteiger partial charge in [0.05, 0.1) is 18.3 Å². The highest BCUT2D eigenvalue weighted by Gasteiger charge is 2.06. The van der Waals surface area contributed by atoms with Crippen LogP contribution in [0.15, 0.2) is 36.9 Å². The molecule has 0 saturated carbocycles. The summed E-state index contributed by atoms with van der Waals surface area (Å²) in [6, 6.07) is 3.89. The van der Waals surface area contributed by atoms with Gasteiger partial charge in [0.15, 0.2) is 0 Å². The number of aryl methyl sites for hydroxylation is 1. The smallest absolute Gasteiger partial charge is 0.211 e. The normalized spacial score (nSPS) is 10.3. The molecule has 22 heavy (non-hydrogen) atoms. The zero-order valence-electron chi connectivity index (χ0n) is 12.4. The standard InChI is InChI=1S/C17H14N4O/c1-3-4-16(22)7-15-5-12-6-17(14-10-20-21(2)11-14)19-9-13(12)8-18-15/h5-6,8-11H,7H2,1-2H3. The molecule has 0 N–H and O–H groups in total. The van der Waals surface area contributed by atoms with Crippen molar-refractivity contribution in [1.82, 2.24) is 19.7 Å². The zero-order valence-corrected chi connectivity index (χ0v) is 12.4. The number of ketones is 1. The van der Waals surface area contributed by atoms with Crippen LogP contribution in [0, 0.1) is 11.8 Å². The third-order valence-electron chi connectivity index (χ3n) is 3.27. The van der Waals surface area contributed by atoms with Gasteiger partial charge in [0.1, 0.15) is 0 Å². The Kier molecular flexibility index (Phi) is 3.67. The fourth-order valence-corrected chi connectivity index (χ4v) is 2.24. The first-order valence-corrected chi connectivity index (χ1v) is 6.85. The Morgan fingerprint density at radius 2 is 2.00 bits per heavy atom. The van der Waals surface area contributed by atoms with Gasteiger partial charge in [-0.2, -0.15) is 5.10 Å². The van der Waals surface area contributed by atoms with Crippen LogP contribution in [0.5, 0.6) is 0 Å². The summed E-state index contributed by atoms with van der Waals surface area (Å²) in [5, 5.41) is 6.09. The molecule has 0 atom stereocenters. The van der Waals surface area contributed by atoms with Crippen LogP contribution in [-0.4, -0.2) is 25.5 Å². The van der Waals surface area contributed by atoms with Gasteiger partial charge in [0, 0.05) is 42.3 Å². The summed E-state index contributed by atoms with van der Waals surface area (Å²) >= 11 is 0. The highest BCUT2D eigenvalue weighted by atomic mass is 16.1. The van der Waals surface area contributed by atoms with Crippen LogP contribution < -0.4 is 0 Å². The second kappa shape index (κ2) is 5.78. The Bertz CT molecular complexity index is 915. The first-order chi connectivity index (χ1) is 10.7. The number of pyridine rings is 2. The van der Waals surface area contributed by atoms with Gasteiger partial charge >= 0.3 is 0 Å². The molecule has 0 spiro atoms. The molecule has 0 unspecified atom stereocenters. The summed E-state index contributed by atoms with van der Waals surface area (Å²) < 4.78 is 1.74. The van der Waals surface area contributed by atoms with E-state index in [0.717, 1.165) is 22.0 Å². The molecule has 0 amide bonds. The second-order valence-electron chi connectivity index (χ2n) is 4.97. The van der Waals surface area contributed by atoms with Gasteiger partial charge < -0.3 is 0 Å². The van der Waals surface area contributed by atoms with Crippen molar-refractivity contribution in [2.75, 3.05) is 0 Å². The van der Waals surface area contributed by atoms with Crippen molar-refractivity contribution in [3.63, 3.8) is 0 Å².